The maximum Gasteiger partial charge on any atom is 0.253 e. The third-order valence-corrected chi connectivity index (χ3v) is 3.66. The largest absolute Gasteiger partial charge is 0.337 e. The van der Waals surface area contributed by atoms with Gasteiger partial charge in [0, 0.05) is 24.5 Å². The van der Waals surface area contributed by atoms with E-state index < -0.39 is 0 Å². The van der Waals surface area contributed by atoms with Crippen LogP contribution < -0.4 is 0 Å². The number of nitrogens with zero attached hydrogens (tertiary/aromatic N) is 1. The van der Waals surface area contributed by atoms with Gasteiger partial charge in [0.2, 0.25) is 0 Å². The van der Waals surface area contributed by atoms with E-state index in [4.69, 9.17) is 0 Å². The van der Waals surface area contributed by atoms with Crippen molar-refractivity contribution in [1.82, 2.24) is 4.90 Å². The molecule has 0 aromatic heterocycles. The molecular weight excluding hydrogens is 321 g/mol. The number of rotatable bonds is 4. The molecule has 0 atom stereocenters. The zero-order valence-corrected chi connectivity index (χ0v) is 12.7. The fourth-order valence-electron chi connectivity index (χ4n) is 1.94. The number of amides is 1. The van der Waals surface area contributed by atoms with Crippen LogP contribution in [0.1, 0.15) is 21.5 Å². The molecule has 2 nitrogen and oxygen atoms in total. The fraction of sp³-hybridized carbons (Fsp3) is 0.188. The minimum Gasteiger partial charge on any atom is -0.337 e. The molecule has 0 N–H and O–H groups in total. The number of carbonyl (C=O) groups is 1. The van der Waals surface area contributed by atoms with Crippen LogP contribution in [0.5, 0.6) is 0 Å². The lowest BCUT2D eigenvalue weighted by Gasteiger charge is -2.17. The van der Waals surface area contributed by atoms with Crippen molar-refractivity contribution < 1.29 is 9.18 Å². The highest BCUT2D eigenvalue weighted by Crippen LogP contribution is 2.12. The van der Waals surface area contributed by atoms with Crippen LogP contribution in [0.15, 0.2) is 48.5 Å². The summed E-state index contributed by atoms with van der Waals surface area (Å²) in [6.07, 6.45) is 0. The van der Waals surface area contributed by atoms with Gasteiger partial charge >= 0.3 is 0 Å². The fourth-order valence-corrected chi connectivity index (χ4v) is 2.31. The quantitative estimate of drug-likeness (QED) is 0.773. The van der Waals surface area contributed by atoms with Crippen LogP contribution in [0.4, 0.5) is 4.39 Å². The average Bonchev–Trinajstić information content (AvgIpc) is 2.46. The van der Waals surface area contributed by atoms with E-state index in [1.165, 1.54) is 12.1 Å². The molecule has 2 aromatic carbocycles. The average molecular weight is 336 g/mol. The van der Waals surface area contributed by atoms with Gasteiger partial charge in [-0.3, -0.25) is 4.79 Å². The first-order valence-electron chi connectivity index (χ1n) is 6.25. The van der Waals surface area contributed by atoms with Crippen LogP contribution >= 0.6 is 15.9 Å². The summed E-state index contributed by atoms with van der Waals surface area (Å²) >= 11 is 3.37. The Kier molecular flexibility index (Phi) is 4.90. The molecule has 20 heavy (non-hydrogen) atoms. The second-order valence-electron chi connectivity index (χ2n) is 4.62. The molecule has 0 radical (unpaired) electrons. The lowest BCUT2D eigenvalue weighted by molar-refractivity contribution is 0.0785. The lowest BCUT2D eigenvalue weighted by Crippen LogP contribution is -2.26. The van der Waals surface area contributed by atoms with Crippen LogP contribution in [0, 0.1) is 5.82 Å². The maximum absolute atomic E-state index is 13.1. The van der Waals surface area contributed by atoms with E-state index in [-0.39, 0.29) is 11.7 Å². The molecule has 0 aliphatic carbocycles. The summed E-state index contributed by atoms with van der Waals surface area (Å²) in [6.45, 7) is 0.386. The van der Waals surface area contributed by atoms with Crippen molar-refractivity contribution >= 4 is 21.8 Å². The number of hydrogen-bond acceptors (Lipinski definition) is 1. The molecule has 0 saturated carbocycles. The van der Waals surface area contributed by atoms with Crippen LogP contribution in [0.2, 0.25) is 0 Å². The molecular formula is C16H15BrFNO. The van der Waals surface area contributed by atoms with Gasteiger partial charge in [0.05, 0.1) is 0 Å². The Morgan fingerprint density at radius 1 is 1.15 bits per heavy atom. The Bertz CT molecular complexity index is 598. The second kappa shape index (κ2) is 6.66. The molecule has 0 unspecified atom stereocenters. The van der Waals surface area contributed by atoms with Crippen LogP contribution in [0.25, 0.3) is 0 Å². The molecule has 104 valence electrons. The zero-order chi connectivity index (χ0) is 14.5. The van der Waals surface area contributed by atoms with Gasteiger partial charge in [-0.2, -0.15) is 0 Å². The molecule has 0 aliphatic heterocycles. The van der Waals surface area contributed by atoms with Crippen molar-refractivity contribution in [3.8, 4) is 0 Å². The monoisotopic (exact) mass is 335 g/mol. The van der Waals surface area contributed by atoms with Crippen LogP contribution in [-0.2, 0) is 11.9 Å². The minimum atomic E-state index is -0.287. The standard InChI is InChI=1S/C16H15BrFNO/c1-19(11-13-3-2-4-15(18)9-13)16(20)14-7-5-12(10-17)6-8-14/h2-9H,10-11H2,1H3. The van der Waals surface area contributed by atoms with Crippen molar-refractivity contribution in [1.29, 1.82) is 0 Å². The SMILES string of the molecule is CN(Cc1cccc(F)c1)C(=O)c1ccc(CBr)cc1. The van der Waals surface area contributed by atoms with Crippen molar-refractivity contribution in [3.63, 3.8) is 0 Å². The Hall–Kier alpha value is -1.68. The highest BCUT2D eigenvalue weighted by molar-refractivity contribution is 9.08. The maximum atomic E-state index is 13.1. The first-order valence-corrected chi connectivity index (χ1v) is 7.37. The normalized spacial score (nSPS) is 10.3. The molecule has 0 saturated heterocycles. The predicted molar refractivity (Wildman–Crippen MR) is 81.3 cm³/mol. The van der Waals surface area contributed by atoms with E-state index in [1.807, 2.05) is 12.1 Å². The molecule has 0 aliphatic rings. The van der Waals surface area contributed by atoms with E-state index in [2.05, 4.69) is 15.9 Å². The van der Waals surface area contributed by atoms with Gasteiger partial charge in [-0.25, -0.2) is 4.39 Å². The summed E-state index contributed by atoms with van der Waals surface area (Å²) in [5, 5.41) is 0.764. The highest BCUT2D eigenvalue weighted by Gasteiger charge is 2.12. The number of carbonyl (C=O) groups excluding carboxylic acids is 1. The van der Waals surface area contributed by atoms with Gasteiger partial charge in [0.1, 0.15) is 5.82 Å². The van der Waals surface area contributed by atoms with Crippen molar-refractivity contribution in [3.05, 3.63) is 71.0 Å². The summed E-state index contributed by atoms with van der Waals surface area (Å²) < 4.78 is 13.1. The predicted octanol–water partition coefficient (Wildman–Crippen LogP) is 3.99. The van der Waals surface area contributed by atoms with Gasteiger partial charge in [-0.1, -0.05) is 40.2 Å². The third-order valence-electron chi connectivity index (χ3n) is 3.01. The number of alkyl halides is 1. The Morgan fingerprint density at radius 3 is 2.45 bits per heavy atom. The molecule has 2 aromatic rings. The summed E-state index contributed by atoms with van der Waals surface area (Å²) in [5.74, 6) is -0.361. The Morgan fingerprint density at radius 2 is 1.85 bits per heavy atom. The number of halogens is 2. The molecule has 4 heteroatoms. The van der Waals surface area contributed by atoms with E-state index >= 15 is 0 Å². The highest BCUT2D eigenvalue weighted by atomic mass is 79.9. The van der Waals surface area contributed by atoms with Gasteiger partial charge in [-0.05, 0) is 35.4 Å². The van der Waals surface area contributed by atoms with Crippen molar-refractivity contribution in [2.75, 3.05) is 7.05 Å². The zero-order valence-electron chi connectivity index (χ0n) is 11.1. The molecule has 0 fully saturated rings. The molecule has 0 heterocycles. The molecule has 1 amide bonds. The van der Waals surface area contributed by atoms with Crippen molar-refractivity contribution in [2.45, 2.75) is 11.9 Å². The van der Waals surface area contributed by atoms with E-state index in [0.29, 0.717) is 12.1 Å². The smallest absolute Gasteiger partial charge is 0.253 e. The van der Waals surface area contributed by atoms with Gasteiger partial charge in [-0.15, -0.1) is 0 Å². The first-order chi connectivity index (χ1) is 9.60. The van der Waals surface area contributed by atoms with Gasteiger partial charge in [0.25, 0.3) is 5.91 Å². The van der Waals surface area contributed by atoms with Crippen LogP contribution in [0.3, 0.4) is 0 Å². The van der Waals surface area contributed by atoms with Crippen molar-refractivity contribution in [2.24, 2.45) is 0 Å². The molecule has 0 spiro atoms. The Labute approximate surface area is 126 Å². The summed E-state index contributed by atoms with van der Waals surface area (Å²) in [7, 11) is 1.71. The summed E-state index contributed by atoms with van der Waals surface area (Å²) in [5.41, 5.74) is 2.53. The van der Waals surface area contributed by atoms with E-state index in [9.17, 15) is 9.18 Å². The molecule has 2 rings (SSSR count). The van der Waals surface area contributed by atoms with Gasteiger partial charge < -0.3 is 4.90 Å². The number of benzene rings is 2. The van der Waals surface area contributed by atoms with E-state index in [1.54, 1.807) is 36.2 Å². The summed E-state index contributed by atoms with van der Waals surface area (Å²) in [6, 6.07) is 13.7. The third kappa shape index (κ3) is 3.67. The lowest BCUT2D eigenvalue weighted by atomic mass is 10.1. The first kappa shape index (κ1) is 14.7. The van der Waals surface area contributed by atoms with Gasteiger partial charge in [0.15, 0.2) is 0 Å². The number of hydrogen-bond donors (Lipinski definition) is 0. The minimum absolute atomic E-state index is 0.0737. The van der Waals surface area contributed by atoms with Crippen LogP contribution in [-0.4, -0.2) is 17.9 Å². The van der Waals surface area contributed by atoms with E-state index in [0.717, 1.165) is 16.5 Å². The second-order valence-corrected chi connectivity index (χ2v) is 5.18. The molecule has 0 bridgehead atoms. The Balaban J connectivity index is 2.07. The summed E-state index contributed by atoms with van der Waals surface area (Å²) in [4.78, 5) is 13.8. The topological polar surface area (TPSA) is 20.3 Å².